The second kappa shape index (κ2) is 6.26. The van der Waals surface area contributed by atoms with E-state index >= 15 is 0 Å². The number of carboxylic acid groups (broad SMARTS) is 1. The van der Waals surface area contributed by atoms with Crippen molar-refractivity contribution in [1.29, 1.82) is 0 Å². The number of imidazole rings is 1. The Morgan fingerprint density at radius 3 is 2.57 bits per heavy atom. The van der Waals surface area contributed by atoms with Crippen molar-refractivity contribution in [2.45, 2.75) is 13.0 Å². The monoisotopic (exact) mass is 326 g/mol. The summed E-state index contributed by atoms with van der Waals surface area (Å²) in [6, 6.07) is 16.8. The van der Waals surface area contributed by atoms with E-state index in [0.29, 0.717) is 10.8 Å². The summed E-state index contributed by atoms with van der Waals surface area (Å²) >= 11 is 6.06. The van der Waals surface area contributed by atoms with Crippen molar-refractivity contribution < 1.29 is 9.90 Å². The molecule has 4 nitrogen and oxygen atoms in total. The van der Waals surface area contributed by atoms with Gasteiger partial charge in [-0.2, -0.15) is 0 Å². The number of halogens is 1. The molecule has 23 heavy (non-hydrogen) atoms. The molecule has 0 aliphatic carbocycles. The van der Waals surface area contributed by atoms with Crippen LogP contribution in [0.5, 0.6) is 0 Å². The van der Waals surface area contributed by atoms with E-state index in [9.17, 15) is 9.90 Å². The molecule has 1 N–H and O–H groups in total. The van der Waals surface area contributed by atoms with Crippen LogP contribution < -0.4 is 0 Å². The molecule has 0 aliphatic heterocycles. The van der Waals surface area contributed by atoms with Crippen LogP contribution in [-0.2, 0) is 0 Å². The van der Waals surface area contributed by atoms with Crippen LogP contribution >= 0.6 is 11.6 Å². The van der Waals surface area contributed by atoms with Gasteiger partial charge in [0.1, 0.15) is 11.5 Å². The highest BCUT2D eigenvalue weighted by atomic mass is 35.5. The molecule has 0 saturated carbocycles. The predicted molar refractivity (Wildman–Crippen MR) is 89.9 cm³/mol. The molecule has 1 aromatic heterocycles. The third-order valence-corrected chi connectivity index (χ3v) is 4.00. The van der Waals surface area contributed by atoms with Crippen LogP contribution in [0.2, 0.25) is 5.02 Å². The number of carbonyl (C=O) groups is 1. The summed E-state index contributed by atoms with van der Waals surface area (Å²) in [4.78, 5) is 15.9. The SMILES string of the molecule is C[C@H](c1ccccc1)n1c(C(=O)O)cnc1-c1cccc(Cl)c1. The molecule has 116 valence electrons. The highest BCUT2D eigenvalue weighted by Gasteiger charge is 2.22. The second-order valence-electron chi connectivity index (χ2n) is 5.24. The van der Waals surface area contributed by atoms with Crippen molar-refractivity contribution in [3.05, 3.63) is 77.1 Å². The van der Waals surface area contributed by atoms with E-state index in [0.717, 1.165) is 11.1 Å². The molecular formula is C18H15ClN2O2. The lowest BCUT2D eigenvalue weighted by Gasteiger charge is -2.19. The maximum absolute atomic E-state index is 11.6. The summed E-state index contributed by atoms with van der Waals surface area (Å²) in [7, 11) is 0. The number of aromatic carboxylic acids is 1. The molecular weight excluding hydrogens is 312 g/mol. The van der Waals surface area contributed by atoms with E-state index in [-0.39, 0.29) is 11.7 Å². The first kappa shape index (κ1) is 15.3. The zero-order valence-corrected chi connectivity index (χ0v) is 13.2. The minimum absolute atomic E-state index is 0.149. The Balaban J connectivity index is 2.17. The third-order valence-electron chi connectivity index (χ3n) is 3.77. The summed E-state index contributed by atoms with van der Waals surface area (Å²) in [6.07, 6.45) is 1.39. The van der Waals surface area contributed by atoms with Gasteiger partial charge in [-0.15, -0.1) is 0 Å². The van der Waals surface area contributed by atoms with Crippen molar-refractivity contribution in [2.24, 2.45) is 0 Å². The van der Waals surface area contributed by atoms with Crippen LogP contribution in [-0.4, -0.2) is 20.6 Å². The molecule has 0 saturated heterocycles. The first-order valence-electron chi connectivity index (χ1n) is 7.19. The normalized spacial score (nSPS) is 12.1. The highest BCUT2D eigenvalue weighted by Crippen LogP contribution is 2.29. The number of rotatable bonds is 4. The fourth-order valence-corrected chi connectivity index (χ4v) is 2.82. The molecule has 1 atom stereocenters. The summed E-state index contributed by atoms with van der Waals surface area (Å²) in [5.41, 5.74) is 1.94. The van der Waals surface area contributed by atoms with Crippen molar-refractivity contribution in [3.63, 3.8) is 0 Å². The van der Waals surface area contributed by atoms with E-state index in [4.69, 9.17) is 11.6 Å². The van der Waals surface area contributed by atoms with Gasteiger partial charge in [-0.05, 0) is 24.6 Å². The van der Waals surface area contributed by atoms with Gasteiger partial charge in [0.2, 0.25) is 0 Å². The second-order valence-corrected chi connectivity index (χ2v) is 5.68. The lowest BCUT2D eigenvalue weighted by atomic mass is 10.1. The fraction of sp³-hybridized carbons (Fsp3) is 0.111. The van der Waals surface area contributed by atoms with Gasteiger partial charge < -0.3 is 9.67 Å². The predicted octanol–water partition coefficient (Wildman–Crippen LogP) is 4.51. The van der Waals surface area contributed by atoms with Gasteiger partial charge in [0.05, 0.1) is 12.2 Å². The number of carboxylic acids is 1. The van der Waals surface area contributed by atoms with Gasteiger partial charge >= 0.3 is 5.97 Å². The molecule has 0 fully saturated rings. The van der Waals surface area contributed by atoms with Gasteiger partial charge in [0, 0.05) is 10.6 Å². The molecule has 3 aromatic rings. The van der Waals surface area contributed by atoms with Crippen LogP contribution in [0.4, 0.5) is 0 Å². The summed E-state index contributed by atoms with van der Waals surface area (Å²) < 4.78 is 1.73. The third kappa shape index (κ3) is 2.98. The standard InChI is InChI=1S/C18H15ClN2O2/c1-12(13-6-3-2-4-7-13)21-16(18(22)23)11-20-17(21)14-8-5-9-15(19)10-14/h2-12H,1H3,(H,22,23)/t12-/m1/s1. The Kier molecular flexibility index (Phi) is 4.17. The van der Waals surface area contributed by atoms with Gasteiger partial charge in [0.15, 0.2) is 0 Å². The minimum Gasteiger partial charge on any atom is -0.477 e. The van der Waals surface area contributed by atoms with Crippen LogP contribution in [0.1, 0.15) is 29.0 Å². The van der Waals surface area contributed by atoms with Gasteiger partial charge in [-0.3, -0.25) is 0 Å². The smallest absolute Gasteiger partial charge is 0.354 e. The molecule has 0 unspecified atom stereocenters. The molecule has 5 heteroatoms. The van der Waals surface area contributed by atoms with Gasteiger partial charge in [0.25, 0.3) is 0 Å². The van der Waals surface area contributed by atoms with Crippen LogP contribution in [0.15, 0.2) is 60.8 Å². The van der Waals surface area contributed by atoms with Gasteiger partial charge in [-0.25, -0.2) is 9.78 Å². The molecule has 0 aliphatic rings. The number of aromatic nitrogens is 2. The Bertz CT molecular complexity index is 843. The molecule has 0 spiro atoms. The average molecular weight is 327 g/mol. The average Bonchev–Trinajstić information content (AvgIpc) is 3.00. The van der Waals surface area contributed by atoms with Crippen LogP contribution in [0.25, 0.3) is 11.4 Å². The minimum atomic E-state index is -1.01. The van der Waals surface area contributed by atoms with E-state index in [2.05, 4.69) is 4.98 Å². The Morgan fingerprint density at radius 1 is 1.17 bits per heavy atom. The maximum Gasteiger partial charge on any atom is 0.354 e. The van der Waals surface area contributed by atoms with Crippen LogP contribution in [0, 0.1) is 0 Å². The van der Waals surface area contributed by atoms with Crippen molar-refractivity contribution in [2.75, 3.05) is 0 Å². The van der Waals surface area contributed by atoms with Gasteiger partial charge in [-0.1, -0.05) is 54.1 Å². The molecule has 2 aromatic carbocycles. The Morgan fingerprint density at radius 2 is 1.91 bits per heavy atom. The highest BCUT2D eigenvalue weighted by molar-refractivity contribution is 6.30. The lowest BCUT2D eigenvalue weighted by molar-refractivity contribution is 0.0684. The van der Waals surface area contributed by atoms with E-state index in [1.165, 1.54) is 6.20 Å². The first-order chi connectivity index (χ1) is 11.1. The first-order valence-corrected chi connectivity index (χ1v) is 7.57. The quantitative estimate of drug-likeness (QED) is 0.767. The Hall–Kier alpha value is -2.59. The molecule has 3 rings (SSSR count). The zero-order chi connectivity index (χ0) is 16.4. The fourth-order valence-electron chi connectivity index (χ4n) is 2.63. The van der Waals surface area contributed by atoms with E-state index in [1.54, 1.807) is 16.7 Å². The van der Waals surface area contributed by atoms with E-state index in [1.807, 2.05) is 49.4 Å². The topological polar surface area (TPSA) is 55.1 Å². The lowest BCUT2D eigenvalue weighted by Crippen LogP contribution is -2.15. The maximum atomic E-state index is 11.6. The number of benzene rings is 2. The number of nitrogens with zero attached hydrogens (tertiary/aromatic N) is 2. The largest absolute Gasteiger partial charge is 0.477 e. The van der Waals surface area contributed by atoms with Crippen molar-refractivity contribution in [1.82, 2.24) is 9.55 Å². The number of hydrogen-bond acceptors (Lipinski definition) is 2. The summed E-state index contributed by atoms with van der Waals surface area (Å²) in [6.45, 7) is 1.96. The van der Waals surface area contributed by atoms with E-state index < -0.39 is 5.97 Å². The molecule has 0 radical (unpaired) electrons. The van der Waals surface area contributed by atoms with Crippen molar-refractivity contribution in [3.8, 4) is 11.4 Å². The number of hydrogen-bond donors (Lipinski definition) is 1. The molecule has 0 bridgehead atoms. The summed E-state index contributed by atoms with van der Waals surface area (Å²) in [5.74, 6) is -0.421. The van der Waals surface area contributed by atoms with Crippen molar-refractivity contribution >= 4 is 17.6 Å². The van der Waals surface area contributed by atoms with Crippen LogP contribution in [0.3, 0.4) is 0 Å². The molecule has 0 amide bonds. The Labute approximate surface area is 139 Å². The zero-order valence-electron chi connectivity index (χ0n) is 12.5. The molecule has 1 heterocycles. The summed E-state index contributed by atoms with van der Waals surface area (Å²) in [5, 5.41) is 10.1.